The molecule has 0 saturated carbocycles. The predicted molar refractivity (Wildman–Crippen MR) is 50.2 cm³/mol. The summed E-state index contributed by atoms with van der Waals surface area (Å²) in [6, 6.07) is 0. The third-order valence-corrected chi connectivity index (χ3v) is 2.78. The average molecular weight is 278 g/mol. The second kappa shape index (κ2) is 2.86. The maximum atomic E-state index is 3.96. The molecule has 0 unspecified atom stereocenters. The monoisotopic (exact) mass is 278 g/mol. The first-order valence-electron chi connectivity index (χ1n) is 2.84. The van der Waals surface area contributed by atoms with Crippen molar-refractivity contribution in [2.45, 2.75) is 0 Å². The summed E-state index contributed by atoms with van der Waals surface area (Å²) >= 11 is 3.69. The molecule has 6 heteroatoms. The number of hydrogen-bond donors (Lipinski definition) is 1. The van der Waals surface area contributed by atoms with Crippen LogP contribution in [-0.2, 0) is 0 Å². The number of H-pyrrole nitrogens is 1. The van der Waals surface area contributed by atoms with E-state index in [1.54, 1.807) is 23.7 Å². The fourth-order valence-corrected chi connectivity index (χ4v) is 1.98. The van der Waals surface area contributed by atoms with E-state index in [0.29, 0.717) is 0 Å². The van der Waals surface area contributed by atoms with Crippen molar-refractivity contribution in [1.82, 2.24) is 20.4 Å². The number of rotatable bonds is 1. The van der Waals surface area contributed by atoms with Crippen molar-refractivity contribution < 1.29 is 0 Å². The fourth-order valence-electron chi connectivity index (χ4n) is 0.690. The van der Waals surface area contributed by atoms with Crippen LogP contribution in [0.5, 0.6) is 0 Å². The molecular weight excluding hydrogens is 275 g/mol. The molecule has 2 rings (SSSR count). The Morgan fingerprint density at radius 2 is 2.36 bits per heavy atom. The Morgan fingerprint density at radius 3 is 2.91 bits per heavy atom. The van der Waals surface area contributed by atoms with Crippen LogP contribution in [0, 0.1) is 3.01 Å². The smallest absolute Gasteiger partial charge is 0.178 e. The lowest BCUT2D eigenvalue weighted by Crippen LogP contribution is -1.71. The number of nitrogens with zero attached hydrogens (tertiary/aromatic N) is 3. The Morgan fingerprint density at radius 1 is 1.45 bits per heavy atom. The van der Waals surface area contributed by atoms with E-state index in [1.165, 1.54) is 0 Å². The van der Waals surface area contributed by atoms with Crippen molar-refractivity contribution in [3.05, 3.63) is 15.4 Å². The van der Waals surface area contributed by atoms with Gasteiger partial charge in [-0.1, -0.05) is 11.3 Å². The molecule has 0 atom stereocenters. The molecule has 2 aromatic heterocycles. The summed E-state index contributed by atoms with van der Waals surface area (Å²) in [5.74, 6) is 0. The van der Waals surface area contributed by atoms with Crippen LogP contribution in [0.25, 0.3) is 10.6 Å². The van der Waals surface area contributed by atoms with Crippen molar-refractivity contribution >= 4 is 33.9 Å². The van der Waals surface area contributed by atoms with Crippen molar-refractivity contribution in [1.29, 1.82) is 0 Å². The highest BCUT2D eigenvalue weighted by Crippen LogP contribution is 2.22. The summed E-state index contributed by atoms with van der Waals surface area (Å²) < 4.78 is 0.943. The highest BCUT2D eigenvalue weighted by molar-refractivity contribution is 14.1. The van der Waals surface area contributed by atoms with Crippen LogP contribution < -0.4 is 0 Å². The minimum absolute atomic E-state index is 0.906. The largest absolute Gasteiger partial charge is 0.285 e. The van der Waals surface area contributed by atoms with Crippen LogP contribution in [0.2, 0.25) is 0 Å². The van der Waals surface area contributed by atoms with E-state index in [1.807, 2.05) is 0 Å². The highest BCUT2D eigenvalue weighted by Gasteiger charge is 2.04. The topological polar surface area (TPSA) is 54.5 Å². The van der Waals surface area contributed by atoms with Gasteiger partial charge in [0.2, 0.25) is 0 Å². The summed E-state index contributed by atoms with van der Waals surface area (Å²) in [5.41, 5.74) is 0.991. The van der Waals surface area contributed by atoms with Crippen molar-refractivity contribution in [3.63, 3.8) is 0 Å². The van der Waals surface area contributed by atoms with E-state index in [2.05, 4.69) is 43.0 Å². The van der Waals surface area contributed by atoms with Crippen LogP contribution in [-0.4, -0.2) is 20.4 Å². The van der Waals surface area contributed by atoms with Gasteiger partial charge in [0, 0.05) is 6.20 Å². The molecule has 0 bridgehead atoms. The highest BCUT2D eigenvalue weighted by atomic mass is 127. The first-order valence-corrected chi connectivity index (χ1v) is 4.74. The molecule has 0 aromatic carbocycles. The first kappa shape index (κ1) is 7.17. The Balaban J connectivity index is 2.45. The SMILES string of the molecule is Ic1nnc(-c2cn[nH]c2)s1. The standard InChI is InChI=1S/C5H3IN4S/c6-5-10-9-4(11-5)3-1-7-8-2-3/h1-2H,(H,7,8). The van der Waals surface area contributed by atoms with Crippen LogP contribution in [0.1, 0.15) is 0 Å². The molecule has 0 aliphatic heterocycles. The molecule has 1 N–H and O–H groups in total. The van der Waals surface area contributed by atoms with E-state index in [9.17, 15) is 0 Å². The van der Waals surface area contributed by atoms with Gasteiger partial charge in [0.25, 0.3) is 0 Å². The third kappa shape index (κ3) is 1.41. The van der Waals surface area contributed by atoms with E-state index in [-0.39, 0.29) is 0 Å². The van der Waals surface area contributed by atoms with Gasteiger partial charge < -0.3 is 0 Å². The lowest BCUT2D eigenvalue weighted by atomic mass is 10.4. The fraction of sp³-hybridized carbons (Fsp3) is 0. The van der Waals surface area contributed by atoms with Gasteiger partial charge in [-0.3, -0.25) is 5.10 Å². The zero-order valence-corrected chi connectivity index (χ0v) is 8.26. The summed E-state index contributed by atoms with van der Waals surface area (Å²) in [6.07, 6.45) is 3.53. The molecule has 0 saturated heterocycles. The minimum Gasteiger partial charge on any atom is -0.285 e. The molecule has 2 heterocycles. The summed E-state index contributed by atoms with van der Waals surface area (Å²) in [4.78, 5) is 0. The van der Waals surface area contributed by atoms with Gasteiger partial charge in [0.15, 0.2) is 8.02 Å². The number of aromatic amines is 1. The molecule has 0 aliphatic rings. The lowest BCUT2D eigenvalue weighted by Gasteiger charge is -1.80. The van der Waals surface area contributed by atoms with Gasteiger partial charge in [0.1, 0.15) is 0 Å². The van der Waals surface area contributed by atoms with Gasteiger partial charge in [-0.15, -0.1) is 10.2 Å². The molecule has 2 aromatic rings. The second-order valence-corrected chi connectivity index (χ2v) is 4.58. The molecular formula is C5H3IN4S. The van der Waals surface area contributed by atoms with Crippen LogP contribution in [0.3, 0.4) is 0 Å². The first-order chi connectivity index (χ1) is 5.36. The minimum atomic E-state index is 0.906. The molecule has 11 heavy (non-hydrogen) atoms. The quantitative estimate of drug-likeness (QED) is 0.805. The molecule has 56 valence electrons. The summed E-state index contributed by atoms with van der Waals surface area (Å²) in [5, 5.41) is 15.3. The molecule has 0 aliphatic carbocycles. The molecule has 0 amide bonds. The van der Waals surface area contributed by atoms with Crippen LogP contribution in [0.4, 0.5) is 0 Å². The van der Waals surface area contributed by atoms with E-state index >= 15 is 0 Å². The van der Waals surface area contributed by atoms with Gasteiger partial charge in [-0.05, 0) is 22.6 Å². The summed E-state index contributed by atoms with van der Waals surface area (Å²) in [6.45, 7) is 0. The predicted octanol–water partition coefficient (Wildman–Crippen LogP) is 1.53. The normalized spacial score (nSPS) is 10.3. The van der Waals surface area contributed by atoms with Crippen LogP contribution in [0.15, 0.2) is 12.4 Å². The van der Waals surface area contributed by atoms with E-state index in [4.69, 9.17) is 0 Å². The van der Waals surface area contributed by atoms with Gasteiger partial charge in [-0.2, -0.15) is 5.10 Å². The Hall–Kier alpha value is -0.500. The summed E-state index contributed by atoms with van der Waals surface area (Å²) in [7, 11) is 0. The van der Waals surface area contributed by atoms with Crippen molar-refractivity contribution in [2.75, 3.05) is 0 Å². The van der Waals surface area contributed by atoms with Crippen LogP contribution >= 0.6 is 33.9 Å². The zero-order chi connectivity index (χ0) is 7.68. The Kier molecular flexibility index (Phi) is 1.86. The molecule has 0 spiro atoms. The second-order valence-electron chi connectivity index (χ2n) is 1.85. The van der Waals surface area contributed by atoms with Gasteiger partial charge in [0.05, 0.1) is 11.8 Å². The number of aromatic nitrogens is 4. The maximum absolute atomic E-state index is 3.96. The number of halogens is 1. The van der Waals surface area contributed by atoms with Crippen molar-refractivity contribution in [2.24, 2.45) is 0 Å². The molecule has 0 fully saturated rings. The van der Waals surface area contributed by atoms with Crippen molar-refractivity contribution in [3.8, 4) is 10.6 Å². The lowest BCUT2D eigenvalue weighted by molar-refractivity contribution is 1.07. The third-order valence-electron chi connectivity index (χ3n) is 1.15. The zero-order valence-electron chi connectivity index (χ0n) is 5.28. The Labute approximate surface area is 80.2 Å². The van der Waals surface area contributed by atoms with Gasteiger partial charge >= 0.3 is 0 Å². The van der Waals surface area contributed by atoms with Gasteiger partial charge in [-0.25, -0.2) is 0 Å². The average Bonchev–Trinajstić information content (AvgIpc) is 2.55. The van der Waals surface area contributed by atoms with E-state index < -0.39 is 0 Å². The Bertz CT molecular complexity index is 341. The maximum Gasteiger partial charge on any atom is 0.178 e. The number of hydrogen-bond acceptors (Lipinski definition) is 4. The molecule has 0 radical (unpaired) electrons. The number of nitrogens with one attached hydrogen (secondary N) is 1. The molecule has 4 nitrogen and oxygen atoms in total. The van der Waals surface area contributed by atoms with E-state index in [0.717, 1.165) is 13.6 Å².